The summed E-state index contributed by atoms with van der Waals surface area (Å²) in [5, 5.41) is 8.63. The van der Waals surface area contributed by atoms with Crippen LogP contribution in [0.3, 0.4) is 0 Å². The van der Waals surface area contributed by atoms with Gasteiger partial charge in [0.05, 0.1) is 7.11 Å². The number of hydrogen-bond donors (Lipinski definition) is 1. The standard InChI is InChI=1S/C6H6O.C4H6O2.Zn/c7-6-4-2-1-3-5-6;1-3-4(5)6-2;/h1-5,7H;3H,1H2,2H3;. The van der Waals surface area contributed by atoms with Crippen molar-refractivity contribution in [3.63, 3.8) is 0 Å². The minimum atomic E-state index is -0.394. The molecule has 0 radical (unpaired) electrons. The first-order chi connectivity index (χ1) is 6.20. The molecule has 0 fully saturated rings. The number of rotatable bonds is 1. The van der Waals surface area contributed by atoms with Crippen LogP contribution in [0.4, 0.5) is 0 Å². The van der Waals surface area contributed by atoms with Crippen molar-refractivity contribution in [2.24, 2.45) is 0 Å². The fourth-order valence-electron chi connectivity index (χ4n) is 0.511. The zero-order valence-corrected chi connectivity index (χ0v) is 11.1. The van der Waals surface area contributed by atoms with E-state index in [-0.39, 0.29) is 19.5 Å². The Labute approximate surface area is 96.2 Å². The molecule has 0 bridgehead atoms. The van der Waals surface area contributed by atoms with Gasteiger partial charge in [-0.1, -0.05) is 24.8 Å². The van der Waals surface area contributed by atoms with Crippen LogP contribution < -0.4 is 0 Å². The molecule has 4 heteroatoms. The summed E-state index contributed by atoms with van der Waals surface area (Å²) in [5.74, 6) is -0.0718. The zero-order chi connectivity index (χ0) is 10.1. The van der Waals surface area contributed by atoms with Crippen LogP contribution in [0.15, 0.2) is 43.0 Å². The van der Waals surface area contributed by atoms with Crippen LogP contribution in [0.25, 0.3) is 0 Å². The third-order valence-electron chi connectivity index (χ3n) is 1.12. The van der Waals surface area contributed by atoms with Crippen LogP contribution in [0, 0.1) is 0 Å². The Hall–Kier alpha value is -1.15. The molecule has 0 saturated heterocycles. The minimum absolute atomic E-state index is 0. The number of esters is 1. The molecule has 1 rings (SSSR count). The van der Waals surface area contributed by atoms with Gasteiger partial charge in [0.25, 0.3) is 0 Å². The van der Waals surface area contributed by atoms with E-state index in [1.165, 1.54) is 7.11 Å². The summed E-state index contributed by atoms with van der Waals surface area (Å²) in [7, 11) is 1.31. The number of hydrogen-bond acceptors (Lipinski definition) is 3. The Morgan fingerprint density at radius 1 is 1.43 bits per heavy atom. The minimum Gasteiger partial charge on any atom is -0.508 e. The van der Waals surface area contributed by atoms with E-state index < -0.39 is 5.97 Å². The van der Waals surface area contributed by atoms with E-state index in [2.05, 4.69) is 11.3 Å². The van der Waals surface area contributed by atoms with Gasteiger partial charge < -0.3 is 9.84 Å². The Morgan fingerprint density at radius 3 is 2.07 bits per heavy atom. The Morgan fingerprint density at radius 2 is 1.93 bits per heavy atom. The summed E-state index contributed by atoms with van der Waals surface area (Å²) in [6.07, 6.45) is 1.11. The SMILES string of the molecule is C=CC(=O)OC.Oc1ccccc1.[Zn]. The van der Waals surface area contributed by atoms with Gasteiger partial charge in [-0.15, -0.1) is 0 Å². The fourth-order valence-corrected chi connectivity index (χ4v) is 0.511. The van der Waals surface area contributed by atoms with E-state index in [4.69, 9.17) is 5.11 Å². The fraction of sp³-hybridized carbons (Fsp3) is 0.100. The molecular weight excluding hydrogens is 233 g/mol. The van der Waals surface area contributed by atoms with Gasteiger partial charge in [-0.3, -0.25) is 0 Å². The van der Waals surface area contributed by atoms with E-state index in [0.29, 0.717) is 5.75 Å². The quantitative estimate of drug-likeness (QED) is 0.466. The molecule has 0 aromatic heterocycles. The van der Waals surface area contributed by atoms with Crippen LogP contribution in [-0.2, 0) is 29.0 Å². The number of phenols is 1. The maximum atomic E-state index is 9.84. The monoisotopic (exact) mass is 244 g/mol. The number of phenolic OH excluding ortho intramolecular Hbond substituents is 1. The molecule has 1 aromatic rings. The van der Waals surface area contributed by atoms with Gasteiger partial charge >= 0.3 is 5.97 Å². The summed E-state index contributed by atoms with van der Waals surface area (Å²) in [5.41, 5.74) is 0. The summed E-state index contributed by atoms with van der Waals surface area (Å²) >= 11 is 0. The predicted octanol–water partition coefficient (Wildman–Crippen LogP) is 1.74. The predicted molar refractivity (Wildman–Crippen MR) is 50.3 cm³/mol. The van der Waals surface area contributed by atoms with Crippen LogP contribution in [0.2, 0.25) is 0 Å². The van der Waals surface area contributed by atoms with Gasteiger partial charge in [0.15, 0.2) is 0 Å². The molecule has 1 aromatic carbocycles. The smallest absolute Gasteiger partial charge is 0.329 e. The molecule has 0 unspecified atom stereocenters. The number of carbonyl (C=O) groups is 1. The van der Waals surface area contributed by atoms with Gasteiger partial charge in [0, 0.05) is 25.6 Å². The largest absolute Gasteiger partial charge is 0.508 e. The second-order valence-corrected chi connectivity index (χ2v) is 2.06. The van der Waals surface area contributed by atoms with Crippen molar-refractivity contribution >= 4 is 5.97 Å². The first kappa shape index (κ1) is 15.3. The second-order valence-electron chi connectivity index (χ2n) is 2.06. The van der Waals surface area contributed by atoms with E-state index >= 15 is 0 Å². The van der Waals surface area contributed by atoms with E-state index in [1.54, 1.807) is 24.3 Å². The summed E-state index contributed by atoms with van der Waals surface area (Å²) in [4.78, 5) is 9.84. The molecular formula is C10H12O3Zn. The number of benzene rings is 1. The normalized spacial score (nSPS) is 7.21. The first-order valence-electron chi connectivity index (χ1n) is 3.65. The number of para-hydroxylation sites is 1. The topological polar surface area (TPSA) is 46.5 Å². The number of carbonyl (C=O) groups excluding carboxylic acids is 1. The molecule has 0 spiro atoms. The summed E-state index contributed by atoms with van der Waals surface area (Å²) < 4.78 is 4.14. The second kappa shape index (κ2) is 9.94. The van der Waals surface area contributed by atoms with Crippen LogP contribution in [-0.4, -0.2) is 18.2 Å². The van der Waals surface area contributed by atoms with Crippen molar-refractivity contribution in [3.05, 3.63) is 43.0 Å². The Balaban J connectivity index is 0. The van der Waals surface area contributed by atoms with Crippen LogP contribution >= 0.6 is 0 Å². The maximum absolute atomic E-state index is 9.84. The molecule has 1 N–H and O–H groups in total. The van der Waals surface area contributed by atoms with Gasteiger partial charge in [-0.05, 0) is 12.1 Å². The first-order valence-corrected chi connectivity index (χ1v) is 3.65. The van der Waals surface area contributed by atoms with Gasteiger partial charge in [0.2, 0.25) is 0 Å². The zero-order valence-electron chi connectivity index (χ0n) is 8.14. The van der Waals surface area contributed by atoms with Crippen molar-refractivity contribution in [2.75, 3.05) is 7.11 Å². The van der Waals surface area contributed by atoms with Gasteiger partial charge in [0.1, 0.15) is 5.75 Å². The third-order valence-corrected chi connectivity index (χ3v) is 1.12. The van der Waals surface area contributed by atoms with Crippen LogP contribution in [0.5, 0.6) is 5.75 Å². The molecule has 14 heavy (non-hydrogen) atoms. The molecule has 0 amide bonds. The molecule has 0 aliphatic carbocycles. The van der Waals surface area contributed by atoms with Gasteiger partial charge in [-0.25, -0.2) is 4.79 Å². The average molecular weight is 246 g/mol. The molecule has 0 atom stereocenters. The molecule has 72 valence electrons. The van der Waals surface area contributed by atoms with Crippen molar-refractivity contribution in [1.82, 2.24) is 0 Å². The summed E-state index contributed by atoms with van der Waals surface area (Å²) in [6.45, 7) is 3.16. The molecule has 0 aliphatic heterocycles. The number of aromatic hydroxyl groups is 1. The van der Waals surface area contributed by atoms with E-state index in [1.807, 2.05) is 6.07 Å². The summed E-state index contributed by atoms with van der Waals surface area (Å²) in [6, 6.07) is 8.71. The average Bonchev–Trinajstić information content (AvgIpc) is 2.19. The molecule has 0 aliphatic rings. The van der Waals surface area contributed by atoms with Crippen molar-refractivity contribution in [1.29, 1.82) is 0 Å². The van der Waals surface area contributed by atoms with E-state index in [0.717, 1.165) is 6.08 Å². The van der Waals surface area contributed by atoms with Crippen molar-refractivity contribution in [3.8, 4) is 5.75 Å². The Bertz CT molecular complexity index is 259. The van der Waals surface area contributed by atoms with E-state index in [9.17, 15) is 4.79 Å². The number of ether oxygens (including phenoxy) is 1. The maximum Gasteiger partial charge on any atom is 0.329 e. The molecule has 3 nitrogen and oxygen atoms in total. The van der Waals surface area contributed by atoms with Crippen molar-refractivity contribution in [2.45, 2.75) is 0 Å². The van der Waals surface area contributed by atoms with Crippen molar-refractivity contribution < 1.29 is 34.1 Å². The number of methoxy groups -OCH3 is 1. The molecule has 0 heterocycles. The third kappa shape index (κ3) is 8.95. The molecule has 0 saturated carbocycles. The van der Waals surface area contributed by atoms with Gasteiger partial charge in [-0.2, -0.15) is 0 Å². The van der Waals surface area contributed by atoms with Crippen LogP contribution in [0.1, 0.15) is 0 Å². The Kier molecular flexibility index (Phi) is 10.9.